The van der Waals surface area contributed by atoms with Crippen LogP contribution in [0.4, 0.5) is 0 Å². The third-order valence-electron chi connectivity index (χ3n) is 3.27. The first-order valence-electron chi connectivity index (χ1n) is 6.59. The van der Waals surface area contributed by atoms with E-state index in [4.69, 9.17) is 10.5 Å². The van der Waals surface area contributed by atoms with Gasteiger partial charge in [0.2, 0.25) is 10.0 Å². The number of rotatable bonds is 6. The molecule has 0 spiro atoms. The van der Waals surface area contributed by atoms with Crippen molar-refractivity contribution in [1.29, 1.82) is 0 Å². The molecule has 1 fully saturated rings. The van der Waals surface area contributed by atoms with Crippen molar-refractivity contribution >= 4 is 21.4 Å². The van der Waals surface area contributed by atoms with Gasteiger partial charge in [-0.3, -0.25) is 4.90 Å². The Kier molecular flexibility index (Phi) is 5.53. The van der Waals surface area contributed by atoms with Crippen molar-refractivity contribution in [2.75, 3.05) is 32.8 Å². The number of hydrogen-bond acceptors (Lipinski definition) is 6. The molecule has 1 aliphatic heterocycles. The number of nitrogens with two attached hydrogens (primary N) is 1. The number of nitrogens with one attached hydrogen (secondary N) is 1. The monoisotopic (exact) mass is 319 g/mol. The molecule has 0 bridgehead atoms. The molecule has 20 heavy (non-hydrogen) atoms. The Balaban J connectivity index is 1.81. The van der Waals surface area contributed by atoms with Crippen molar-refractivity contribution in [3.63, 3.8) is 0 Å². The van der Waals surface area contributed by atoms with Crippen LogP contribution in [-0.2, 0) is 14.8 Å². The number of sulfonamides is 1. The first-order chi connectivity index (χ1) is 9.49. The topological polar surface area (TPSA) is 84.7 Å². The highest BCUT2D eigenvalue weighted by Gasteiger charge is 2.22. The minimum absolute atomic E-state index is 0.231. The van der Waals surface area contributed by atoms with Gasteiger partial charge >= 0.3 is 0 Å². The average Bonchev–Trinajstić information content (AvgIpc) is 2.94. The van der Waals surface area contributed by atoms with Crippen molar-refractivity contribution in [2.45, 2.75) is 23.2 Å². The summed E-state index contributed by atoms with van der Waals surface area (Å²) in [6, 6.07) is 3.39. The minimum atomic E-state index is -3.42. The molecule has 1 aromatic heterocycles. The number of morpholine rings is 1. The van der Waals surface area contributed by atoms with E-state index in [-0.39, 0.29) is 12.6 Å². The maximum Gasteiger partial charge on any atom is 0.250 e. The van der Waals surface area contributed by atoms with Crippen LogP contribution in [0.15, 0.2) is 21.7 Å². The number of nitrogens with zero attached hydrogens (tertiary/aromatic N) is 1. The lowest BCUT2D eigenvalue weighted by Gasteiger charge is -2.34. The molecule has 3 N–H and O–H groups in total. The lowest BCUT2D eigenvalue weighted by molar-refractivity contribution is -0.00247. The lowest BCUT2D eigenvalue weighted by atomic mass is 10.2. The van der Waals surface area contributed by atoms with Gasteiger partial charge in [-0.05, 0) is 18.4 Å². The van der Waals surface area contributed by atoms with Crippen molar-refractivity contribution in [3.8, 4) is 0 Å². The third kappa shape index (κ3) is 4.24. The van der Waals surface area contributed by atoms with Gasteiger partial charge in [-0.1, -0.05) is 6.07 Å². The van der Waals surface area contributed by atoms with Gasteiger partial charge in [-0.2, -0.15) is 0 Å². The lowest BCUT2D eigenvalue weighted by Crippen LogP contribution is -2.51. The van der Waals surface area contributed by atoms with Crippen LogP contribution in [0.2, 0.25) is 0 Å². The van der Waals surface area contributed by atoms with Crippen LogP contribution in [0, 0.1) is 0 Å². The molecule has 6 nitrogen and oxygen atoms in total. The standard InChI is InChI=1S/C12H21N3O3S2/c1-10-9-18-5-4-15(10)8-11(13)7-14-20(16,17)12-3-2-6-19-12/h2-3,6,10-11,14H,4-5,7-9,13H2,1H3. The molecule has 0 aromatic carbocycles. The zero-order chi connectivity index (χ0) is 14.6. The van der Waals surface area contributed by atoms with Gasteiger partial charge in [0.25, 0.3) is 0 Å². The molecular formula is C12H21N3O3S2. The van der Waals surface area contributed by atoms with E-state index in [1.54, 1.807) is 17.5 Å². The van der Waals surface area contributed by atoms with Crippen molar-refractivity contribution < 1.29 is 13.2 Å². The molecule has 1 saturated heterocycles. The minimum Gasteiger partial charge on any atom is -0.379 e. The summed E-state index contributed by atoms with van der Waals surface area (Å²) in [5, 5.41) is 1.74. The van der Waals surface area contributed by atoms with Gasteiger partial charge in [-0.15, -0.1) is 11.3 Å². The van der Waals surface area contributed by atoms with E-state index in [2.05, 4.69) is 16.5 Å². The molecule has 1 aromatic rings. The Labute approximate surface area is 124 Å². The second-order valence-corrected chi connectivity index (χ2v) is 7.90. The Morgan fingerprint density at radius 1 is 1.65 bits per heavy atom. The molecule has 8 heteroatoms. The van der Waals surface area contributed by atoms with Crippen molar-refractivity contribution in [2.24, 2.45) is 5.73 Å². The summed E-state index contributed by atoms with van der Waals surface area (Å²) in [6.07, 6.45) is 0. The molecule has 2 unspecified atom stereocenters. The van der Waals surface area contributed by atoms with Crippen LogP contribution >= 0.6 is 11.3 Å². The summed E-state index contributed by atoms with van der Waals surface area (Å²) in [5.74, 6) is 0. The normalized spacial score (nSPS) is 22.8. The average molecular weight is 319 g/mol. The van der Waals surface area contributed by atoms with Gasteiger partial charge in [0.1, 0.15) is 4.21 Å². The second kappa shape index (κ2) is 6.97. The highest BCUT2D eigenvalue weighted by atomic mass is 32.2. The van der Waals surface area contributed by atoms with Gasteiger partial charge in [0.05, 0.1) is 13.2 Å². The molecule has 114 valence electrons. The summed E-state index contributed by atoms with van der Waals surface area (Å²) >= 11 is 1.20. The highest BCUT2D eigenvalue weighted by molar-refractivity contribution is 7.91. The van der Waals surface area contributed by atoms with Crippen LogP contribution in [0.25, 0.3) is 0 Å². The van der Waals surface area contributed by atoms with Crippen LogP contribution in [0.3, 0.4) is 0 Å². The summed E-state index contributed by atoms with van der Waals surface area (Å²) in [5.41, 5.74) is 6.02. The Hall–Kier alpha value is -0.510. The fraction of sp³-hybridized carbons (Fsp3) is 0.667. The van der Waals surface area contributed by atoms with Gasteiger partial charge in [-0.25, -0.2) is 13.1 Å². The van der Waals surface area contributed by atoms with Gasteiger partial charge in [0.15, 0.2) is 0 Å². The summed E-state index contributed by atoms with van der Waals surface area (Å²) < 4.78 is 32.2. The maximum absolute atomic E-state index is 12.0. The molecule has 1 aliphatic rings. The molecule has 0 amide bonds. The molecule has 0 aliphatic carbocycles. The van der Waals surface area contributed by atoms with E-state index in [0.29, 0.717) is 30.0 Å². The predicted molar refractivity (Wildman–Crippen MR) is 79.3 cm³/mol. The fourth-order valence-electron chi connectivity index (χ4n) is 2.10. The van der Waals surface area contributed by atoms with Crippen LogP contribution in [0.1, 0.15) is 6.92 Å². The Morgan fingerprint density at radius 2 is 2.45 bits per heavy atom. The Bertz CT molecular complexity index is 504. The quantitative estimate of drug-likeness (QED) is 0.775. The molecule has 2 rings (SSSR count). The van der Waals surface area contributed by atoms with Gasteiger partial charge < -0.3 is 10.5 Å². The molecular weight excluding hydrogens is 298 g/mol. The Morgan fingerprint density at radius 3 is 3.10 bits per heavy atom. The first kappa shape index (κ1) is 15.9. The zero-order valence-corrected chi connectivity index (χ0v) is 13.1. The molecule has 0 radical (unpaired) electrons. The second-order valence-electron chi connectivity index (χ2n) is 4.96. The molecule has 2 atom stereocenters. The van der Waals surface area contributed by atoms with E-state index in [0.717, 1.165) is 6.54 Å². The predicted octanol–water partition coefficient (Wildman–Crippen LogP) is 0.0744. The highest BCUT2D eigenvalue weighted by Crippen LogP contribution is 2.15. The van der Waals surface area contributed by atoms with E-state index in [1.807, 2.05) is 0 Å². The summed E-state index contributed by atoms with van der Waals surface area (Å²) in [7, 11) is -3.42. The van der Waals surface area contributed by atoms with Crippen LogP contribution in [-0.4, -0.2) is 58.2 Å². The largest absolute Gasteiger partial charge is 0.379 e. The number of hydrogen-bond donors (Lipinski definition) is 2. The van der Waals surface area contributed by atoms with Crippen molar-refractivity contribution in [1.82, 2.24) is 9.62 Å². The smallest absolute Gasteiger partial charge is 0.250 e. The van der Waals surface area contributed by atoms with E-state index < -0.39 is 10.0 Å². The van der Waals surface area contributed by atoms with E-state index >= 15 is 0 Å². The van der Waals surface area contributed by atoms with E-state index in [1.165, 1.54) is 11.3 Å². The van der Waals surface area contributed by atoms with Crippen LogP contribution in [0.5, 0.6) is 0 Å². The maximum atomic E-state index is 12.0. The number of thiophene rings is 1. The summed E-state index contributed by atoms with van der Waals surface area (Å²) in [4.78, 5) is 2.23. The van der Waals surface area contributed by atoms with Crippen LogP contribution < -0.4 is 10.5 Å². The third-order valence-corrected chi connectivity index (χ3v) is 6.09. The van der Waals surface area contributed by atoms with E-state index in [9.17, 15) is 8.42 Å². The van der Waals surface area contributed by atoms with Gasteiger partial charge in [0, 0.05) is 31.7 Å². The molecule has 2 heterocycles. The summed E-state index contributed by atoms with van der Waals surface area (Å²) in [6.45, 7) is 5.24. The first-order valence-corrected chi connectivity index (χ1v) is 8.96. The molecule has 0 saturated carbocycles. The van der Waals surface area contributed by atoms with Crippen molar-refractivity contribution in [3.05, 3.63) is 17.5 Å². The SMILES string of the molecule is CC1COCCN1CC(N)CNS(=O)(=O)c1cccs1. The fourth-order valence-corrected chi connectivity index (χ4v) is 4.23. The zero-order valence-electron chi connectivity index (χ0n) is 11.5. The number of ether oxygens (including phenoxy) is 1.